The largest absolute Gasteiger partial charge is 0.480 e. The van der Waals surface area contributed by atoms with E-state index in [1.165, 1.54) is 19.3 Å². The fourth-order valence-electron chi connectivity index (χ4n) is 3.29. The van der Waals surface area contributed by atoms with Crippen molar-refractivity contribution in [2.24, 2.45) is 0 Å². The highest BCUT2D eigenvalue weighted by Crippen LogP contribution is 2.21. The van der Waals surface area contributed by atoms with Gasteiger partial charge in [0.2, 0.25) is 0 Å². The third kappa shape index (κ3) is 3.27. The highest BCUT2D eigenvalue weighted by atomic mass is 16.4. The van der Waals surface area contributed by atoms with Crippen molar-refractivity contribution < 1.29 is 9.90 Å². The van der Waals surface area contributed by atoms with Crippen molar-refractivity contribution >= 4 is 16.9 Å². The van der Waals surface area contributed by atoms with Crippen molar-refractivity contribution in [2.75, 3.05) is 0 Å². The Balaban J connectivity index is 1.74. The molecule has 0 spiro atoms. The van der Waals surface area contributed by atoms with E-state index in [-0.39, 0.29) is 0 Å². The van der Waals surface area contributed by atoms with Crippen LogP contribution in [0.25, 0.3) is 10.9 Å². The summed E-state index contributed by atoms with van der Waals surface area (Å²) in [7, 11) is 0. The zero-order valence-electron chi connectivity index (χ0n) is 12.1. The molecule has 0 amide bonds. The van der Waals surface area contributed by atoms with Gasteiger partial charge in [-0.25, -0.2) is 0 Å². The lowest BCUT2D eigenvalue weighted by Gasteiger charge is -2.26. The monoisotopic (exact) mass is 286 g/mol. The zero-order valence-corrected chi connectivity index (χ0v) is 12.1. The summed E-state index contributed by atoms with van der Waals surface area (Å²) in [6.07, 6.45) is 8.33. The van der Waals surface area contributed by atoms with Gasteiger partial charge in [-0.15, -0.1) is 0 Å². The van der Waals surface area contributed by atoms with Gasteiger partial charge < -0.3 is 15.4 Å². The lowest BCUT2D eigenvalue weighted by molar-refractivity contribution is -0.139. The molecule has 2 aromatic rings. The molecule has 1 fully saturated rings. The van der Waals surface area contributed by atoms with Gasteiger partial charge in [0.25, 0.3) is 0 Å². The average Bonchev–Trinajstić information content (AvgIpc) is 2.91. The second-order valence-electron chi connectivity index (χ2n) is 5.96. The number of carboxylic acid groups (broad SMARTS) is 1. The minimum Gasteiger partial charge on any atom is -0.480 e. The highest BCUT2D eigenvalue weighted by molar-refractivity contribution is 5.84. The second-order valence-corrected chi connectivity index (χ2v) is 5.96. The number of aromatic nitrogens is 1. The van der Waals surface area contributed by atoms with Gasteiger partial charge >= 0.3 is 5.97 Å². The second kappa shape index (κ2) is 6.31. The summed E-state index contributed by atoms with van der Waals surface area (Å²) in [5.74, 6) is -0.758. The first-order chi connectivity index (χ1) is 10.2. The van der Waals surface area contributed by atoms with Crippen LogP contribution >= 0.6 is 0 Å². The Labute approximate surface area is 124 Å². The molecule has 3 N–H and O–H groups in total. The first-order valence-corrected chi connectivity index (χ1v) is 7.78. The normalized spacial score (nSPS) is 17.9. The molecule has 0 radical (unpaired) electrons. The molecule has 112 valence electrons. The predicted molar refractivity (Wildman–Crippen MR) is 83.4 cm³/mol. The van der Waals surface area contributed by atoms with Gasteiger partial charge in [-0.2, -0.15) is 0 Å². The number of carbonyl (C=O) groups is 1. The fourth-order valence-corrected chi connectivity index (χ4v) is 3.29. The number of H-pyrrole nitrogens is 1. The van der Waals surface area contributed by atoms with E-state index in [1.54, 1.807) is 0 Å². The number of hydrogen-bond donors (Lipinski definition) is 3. The molecular weight excluding hydrogens is 264 g/mol. The first-order valence-electron chi connectivity index (χ1n) is 7.78. The number of para-hydroxylation sites is 1. The summed E-state index contributed by atoms with van der Waals surface area (Å²) in [6, 6.07) is 7.88. The number of benzene rings is 1. The van der Waals surface area contributed by atoms with Gasteiger partial charge in [0.05, 0.1) is 0 Å². The van der Waals surface area contributed by atoms with Gasteiger partial charge in [-0.1, -0.05) is 37.5 Å². The quantitative estimate of drug-likeness (QED) is 0.791. The third-order valence-corrected chi connectivity index (χ3v) is 4.44. The van der Waals surface area contributed by atoms with Crippen LogP contribution in [0.4, 0.5) is 0 Å². The molecule has 1 heterocycles. The average molecular weight is 286 g/mol. The Kier molecular flexibility index (Phi) is 4.25. The molecule has 0 unspecified atom stereocenters. The molecule has 1 aromatic carbocycles. The summed E-state index contributed by atoms with van der Waals surface area (Å²) in [5, 5.41) is 14.0. The summed E-state index contributed by atoms with van der Waals surface area (Å²) in [6.45, 7) is 0. The van der Waals surface area contributed by atoms with E-state index < -0.39 is 12.0 Å². The molecule has 21 heavy (non-hydrogen) atoms. The molecular formula is C17H22N2O2. The Morgan fingerprint density at radius 1 is 1.29 bits per heavy atom. The summed E-state index contributed by atoms with van der Waals surface area (Å²) in [5.41, 5.74) is 2.13. The minimum absolute atomic E-state index is 0.352. The van der Waals surface area contributed by atoms with E-state index in [4.69, 9.17) is 0 Å². The third-order valence-electron chi connectivity index (χ3n) is 4.44. The Bertz CT molecular complexity index is 614. The Morgan fingerprint density at radius 2 is 2.05 bits per heavy atom. The summed E-state index contributed by atoms with van der Waals surface area (Å²) in [4.78, 5) is 14.8. The molecule has 1 saturated carbocycles. The maximum Gasteiger partial charge on any atom is 0.321 e. The van der Waals surface area contributed by atoms with Gasteiger partial charge in [-0.05, 0) is 24.5 Å². The van der Waals surface area contributed by atoms with Crippen LogP contribution in [0.1, 0.15) is 37.7 Å². The Morgan fingerprint density at radius 3 is 2.81 bits per heavy atom. The van der Waals surface area contributed by atoms with Crippen LogP contribution in [0.2, 0.25) is 0 Å². The molecule has 3 rings (SSSR count). The van der Waals surface area contributed by atoms with Crippen LogP contribution in [-0.2, 0) is 11.2 Å². The van der Waals surface area contributed by atoms with Gasteiger partial charge in [0, 0.05) is 29.6 Å². The number of rotatable bonds is 5. The SMILES string of the molecule is O=C(O)[C@H](Cc1c[nH]c2ccccc12)NC1CCCCC1. The molecule has 1 aromatic heterocycles. The van der Waals surface area contributed by atoms with Crippen molar-refractivity contribution in [3.8, 4) is 0 Å². The lowest BCUT2D eigenvalue weighted by atomic mass is 9.94. The van der Waals surface area contributed by atoms with E-state index in [2.05, 4.69) is 10.3 Å². The van der Waals surface area contributed by atoms with Gasteiger partial charge in [-0.3, -0.25) is 4.79 Å². The van der Waals surface area contributed by atoms with Crippen molar-refractivity contribution in [3.63, 3.8) is 0 Å². The maximum atomic E-state index is 11.6. The van der Waals surface area contributed by atoms with Crippen LogP contribution in [0, 0.1) is 0 Å². The van der Waals surface area contributed by atoms with Crippen molar-refractivity contribution in [1.29, 1.82) is 0 Å². The number of nitrogens with one attached hydrogen (secondary N) is 2. The summed E-state index contributed by atoms with van der Waals surface area (Å²) < 4.78 is 0. The molecule has 0 bridgehead atoms. The fraction of sp³-hybridized carbons (Fsp3) is 0.471. The van der Waals surface area contributed by atoms with Crippen molar-refractivity contribution in [3.05, 3.63) is 36.0 Å². The van der Waals surface area contributed by atoms with Crippen LogP contribution in [0.5, 0.6) is 0 Å². The van der Waals surface area contributed by atoms with Crippen LogP contribution < -0.4 is 5.32 Å². The number of aromatic amines is 1. The number of carboxylic acids is 1. The molecule has 4 heteroatoms. The molecule has 4 nitrogen and oxygen atoms in total. The van der Waals surface area contributed by atoms with E-state index in [0.717, 1.165) is 29.3 Å². The molecule has 0 saturated heterocycles. The predicted octanol–water partition coefficient (Wildman–Crippen LogP) is 3.09. The zero-order chi connectivity index (χ0) is 14.7. The maximum absolute atomic E-state index is 11.6. The van der Waals surface area contributed by atoms with Crippen LogP contribution in [0.15, 0.2) is 30.5 Å². The lowest BCUT2D eigenvalue weighted by Crippen LogP contribution is -2.45. The number of hydrogen-bond acceptors (Lipinski definition) is 2. The number of aliphatic carboxylic acids is 1. The topological polar surface area (TPSA) is 65.1 Å². The van der Waals surface area contributed by atoms with E-state index in [9.17, 15) is 9.90 Å². The molecule has 0 aliphatic heterocycles. The van der Waals surface area contributed by atoms with Crippen LogP contribution in [0.3, 0.4) is 0 Å². The van der Waals surface area contributed by atoms with E-state index >= 15 is 0 Å². The van der Waals surface area contributed by atoms with Crippen molar-refractivity contribution in [2.45, 2.75) is 50.6 Å². The smallest absolute Gasteiger partial charge is 0.321 e. The highest BCUT2D eigenvalue weighted by Gasteiger charge is 2.24. The van der Waals surface area contributed by atoms with E-state index in [1.807, 2.05) is 30.5 Å². The van der Waals surface area contributed by atoms with E-state index in [0.29, 0.717) is 12.5 Å². The Hall–Kier alpha value is -1.81. The molecule has 1 aliphatic rings. The van der Waals surface area contributed by atoms with Gasteiger partial charge in [0.1, 0.15) is 6.04 Å². The van der Waals surface area contributed by atoms with Crippen molar-refractivity contribution in [1.82, 2.24) is 10.3 Å². The molecule has 1 aliphatic carbocycles. The molecule has 1 atom stereocenters. The summed E-state index contributed by atoms with van der Waals surface area (Å²) >= 11 is 0. The standard InChI is InChI=1S/C17H22N2O2/c20-17(21)16(19-13-6-2-1-3-7-13)10-12-11-18-15-9-5-4-8-14(12)15/h4-5,8-9,11,13,16,18-19H,1-3,6-7,10H2,(H,20,21)/t16-/m0/s1. The van der Waals surface area contributed by atoms with Crippen LogP contribution in [-0.4, -0.2) is 28.1 Å². The number of fused-ring (bicyclic) bond motifs is 1. The van der Waals surface area contributed by atoms with Gasteiger partial charge in [0.15, 0.2) is 0 Å². The minimum atomic E-state index is -0.758. The first kappa shape index (κ1) is 14.1.